The normalized spacial score (nSPS) is 12.5. The van der Waals surface area contributed by atoms with Crippen molar-refractivity contribution < 1.29 is 19.8 Å². The zero-order valence-electron chi connectivity index (χ0n) is 10.2. The number of hydrogen-bond acceptors (Lipinski definition) is 5. The Morgan fingerprint density at radius 1 is 1.41 bits per heavy atom. The minimum atomic E-state index is -1.02. The van der Waals surface area contributed by atoms with Gasteiger partial charge in [-0.2, -0.15) is 11.8 Å². The standard InChI is InChI=1S/C10H20N2O4S/c1-8(14)11-9(10(15)16)7-17-6-4-12(2)3-5-13/h9,13H,3-7H2,1-2H3,(H,11,14)(H,15,16)/t9-/m0/s1/i3+1,4+1,5+1,6+1. The first-order chi connectivity index (χ1) is 7.97. The summed E-state index contributed by atoms with van der Waals surface area (Å²) in [7, 11) is 1.89. The van der Waals surface area contributed by atoms with Gasteiger partial charge in [0.15, 0.2) is 0 Å². The molecule has 1 amide bonds. The number of nitrogens with zero attached hydrogens (tertiary/aromatic N) is 1. The number of carboxylic acid groups (broad SMARTS) is 1. The summed E-state index contributed by atoms with van der Waals surface area (Å²) in [5.41, 5.74) is 0. The zero-order chi connectivity index (χ0) is 13.3. The Balaban J connectivity index is 3.75. The van der Waals surface area contributed by atoms with E-state index >= 15 is 0 Å². The van der Waals surface area contributed by atoms with Crippen LogP contribution in [0.2, 0.25) is 0 Å². The SMILES string of the molecule is CC(=O)N[C@@H](CS[13CH2][13CH2]N(C)[13CH2][13CH2]O)C(=O)O. The highest BCUT2D eigenvalue weighted by Gasteiger charge is 2.17. The van der Waals surface area contributed by atoms with Gasteiger partial charge in [0.25, 0.3) is 0 Å². The number of carbonyl (C=O) groups excluding carboxylic acids is 1. The molecule has 0 aliphatic carbocycles. The van der Waals surface area contributed by atoms with Gasteiger partial charge in [0.2, 0.25) is 5.91 Å². The van der Waals surface area contributed by atoms with E-state index in [1.165, 1.54) is 18.7 Å². The molecule has 3 N–H and O–H groups in total. The van der Waals surface area contributed by atoms with E-state index < -0.39 is 12.0 Å². The fourth-order valence-electron chi connectivity index (χ4n) is 1.12. The molecule has 0 rings (SSSR count). The van der Waals surface area contributed by atoms with E-state index in [1.54, 1.807) is 0 Å². The topological polar surface area (TPSA) is 89.9 Å². The molecule has 0 spiro atoms. The summed E-state index contributed by atoms with van der Waals surface area (Å²) in [4.78, 5) is 23.5. The Kier molecular flexibility index (Phi) is 8.83. The summed E-state index contributed by atoms with van der Waals surface area (Å²) >= 11 is 1.47. The van der Waals surface area contributed by atoms with Crippen LogP contribution in [0.3, 0.4) is 0 Å². The maximum atomic E-state index is 10.8. The van der Waals surface area contributed by atoms with Gasteiger partial charge in [-0.1, -0.05) is 0 Å². The smallest absolute Gasteiger partial charge is 0.327 e. The van der Waals surface area contributed by atoms with Crippen molar-refractivity contribution in [1.29, 1.82) is 0 Å². The number of thioether (sulfide) groups is 1. The predicted molar refractivity (Wildman–Crippen MR) is 67.1 cm³/mol. The Labute approximate surface area is 105 Å². The van der Waals surface area contributed by atoms with Gasteiger partial charge in [0.1, 0.15) is 6.04 Å². The average Bonchev–Trinajstić information content (AvgIpc) is 2.22. The molecule has 0 aromatic rings. The summed E-state index contributed by atoms with van der Waals surface area (Å²) in [6.07, 6.45) is 0. The van der Waals surface area contributed by atoms with Crippen molar-refractivity contribution in [2.24, 2.45) is 0 Å². The van der Waals surface area contributed by atoms with Crippen LogP contribution in [0.25, 0.3) is 0 Å². The number of rotatable bonds is 9. The third-order valence-corrected chi connectivity index (χ3v) is 3.10. The first-order valence-corrected chi connectivity index (χ1v) is 6.50. The van der Waals surface area contributed by atoms with Gasteiger partial charge < -0.3 is 20.4 Å². The molecule has 0 saturated heterocycles. The van der Waals surface area contributed by atoms with Gasteiger partial charge >= 0.3 is 5.97 Å². The molecule has 0 fully saturated rings. The molecule has 0 bridgehead atoms. The molecule has 0 aromatic heterocycles. The van der Waals surface area contributed by atoms with Crippen LogP contribution in [-0.2, 0) is 9.59 Å². The highest BCUT2D eigenvalue weighted by atomic mass is 32.2. The number of hydrogen-bond donors (Lipinski definition) is 3. The van der Waals surface area contributed by atoms with Crippen LogP contribution < -0.4 is 5.32 Å². The summed E-state index contributed by atoms with van der Waals surface area (Å²) in [5.74, 6) is -0.242. The lowest BCUT2D eigenvalue weighted by atomic mass is 10.3. The van der Waals surface area contributed by atoms with Crippen molar-refractivity contribution >= 4 is 23.6 Å². The number of aliphatic carboxylic acids is 1. The van der Waals surface area contributed by atoms with E-state index in [9.17, 15) is 9.59 Å². The van der Waals surface area contributed by atoms with Crippen molar-refractivity contribution in [3.8, 4) is 0 Å². The van der Waals surface area contributed by atoms with E-state index in [2.05, 4.69) is 5.32 Å². The lowest BCUT2D eigenvalue weighted by Crippen LogP contribution is -2.41. The third-order valence-electron chi connectivity index (χ3n) is 2.06. The average molecular weight is 268 g/mol. The van der Waals surface area contributed by atoms with Gasteiger partial charge in [-0.15, -0.1) is 0 Å². The third kappa shape index (κ3) is 8.96. The van der Waals surface area contributed by atoms with Crippen LogP contribution in [0, 0.1) is 0 Å². The molecule has 0 heterocycles. The monoisotopic (exact) mass is 268 g/mol. The van der Waals surface area contributed by atoms with Crippen molar-refractivity contribution in [2.75, 3.05) is 38.2 Å². The molecular weight excluding hydrogens is 248 g/mol. The number of aliphatic hydroxyl groups excluding tert-OH is 1. The van der Waals surface area contributed by atoms with Gasteiger partial charge in [-0.3, -0.25) is 4.79 Å². The van der Waals surface area contributed by atoms with Gasteiger partial charge in [-0.05, 0) is 7.05 Å². The number of aliphatic hydroxyl groups is 1. The lowest BCUT2D eigenvalue weighted by molar-refractivity contribution is -0.140. The number of likely N-dealkylation sites (N-methyl/N-ethyl adjacent to an activating group) is 1. The summed E-state index contributed by atoms with van der Waals surface area (Å²) in [6.45, 7) is 2.80. The van der Waals surface area contributed by atoms with E-state index in [-0.39, 0.29) is 12.5 Å². The van der Waals surface area contributed by atoms with Crippen molar-refractivity contribution in [3.63, 3.8) is 0 Å². The molecule has 100 valence electrons. The Morgan fingerprint density at radius 2 is 2.06 bits per heavy atom. The van der Waals surface area contributed by atoms with Crippen LogP contribution in [0.4, 0.5) is 0 Å². The molecule has 0 aliphatic heterocycles. The van der Waals surface area contributed by atoms with E-state index in [4.69, 9.17) is 10.2 Å². The van der Waals surface area contributed by atoms with E-state index in [0.717, 1.165) is 12.3 Å². The lowest BCUT2D eigenvalue weighted by Gasteiger charge is -2.16. The van der Waals surface area contributed by atoms with Crippen molar-refractivity contribution in [3.05, 3.63) is 0 Å². The maximum absolute atomic E-state index is 10.8. The minimum absolute atomic E-state index is 0.116. The molecule has 6 nitrogen and oxygen atoms in total. The minimum Gasteiger partial charge on any atom is -0.480 e. The Hall–Kier alpha value is -0.790. The highest BCUT2D eigenvalue weighted by molar-refractivity contribution is 7.99. The number of carboxylic acids is 1. The zero-order valence-corrected chi connectivity index (χ0v) is 11.0. The molecular formula is C10H20N2O4S. The van der Waals surface area contributed by atoms with Crippen molar-refractivity contribution in [1.82, 2.24) is 10.2 Å². The van der Waals surface area contributed by atoms with Crippen LogP contribution in [0.15, 0.2) is 0 Å². The molecule has 17 heavy (non-hydrogen) atoms. The Morgan fingerprint density at radius 3 is 2.53 bits per heavy atom. The van der Waals surface area contributed by atoms with Gasteiger partial charge in [0, 0.05) is 31.5 Å². The number of amides is 1. The maximum Gasteiger partial charge on any atom is 0.327 e. The molecule has 0 saturated carbocycles. The first kappa shape index (κ1) is 16.2. The second kappa shape index (κ2) is 9.26. The summed E-state index contributed by atoms with van der Waals surface area (Å²) in [6, 6.07) is -0.833. The van der Waals surface area contributed by atoms with Crippen LogP contribution in [-0.4, -0.2) is 71.3 Å². The summed E-state index contributed by atoms with van der Waals surface area (Å²) < 4.78 is 0. The number of nitrogens with one attached hydrogen (secondary N) is 1. The predicted octanol–water partition coefficient (Wildman–Crippen LogP) is -0.767. The molecule has 0 radical (unpaired) electrons. The molecule has 0 aromatic carbocycles. The van der Waals surface area contributed by atoms with Gasteiger partial charge in [-0.25, -0.2) is 4.79 Å². The largest absolute Gasteiger partial charge is 0.480 e. The second-order valence-corrected chi connectivity index (χ2v) is 4.84. The summed E-state index contributed by atoms with van der Waals surface area (Å²) in [5, 5.41) is 19.9. The van der Waals surface area contributed by atoms with Gasteiger partial charge in [0.05, 0.1) is 6.61 Å². The fraction of sp³-hybridized carbons (Fsp3) is 0.800. The van der Waals surface area contributed by atoms with Crippen LogP contribution in [0.5, 0.6) is 0 Å². The van der Waals surface area contributed by atoms with Crippen LogP contribution in [0.1, 0.15) is 6.92 Å². The molecule has 0 aliphatic rings. The van der Waals surface area contributed by atoms with Crippen molar-refractivity contribution in [2.45, 2.75) is 13.0 Å². The van der Waals surface area contributed by atoms with Crippen LogP contribution >= 0.6 is 11.8 Å². The molecule has 0 unspecified atom stereocenters. The quantitative estimate of drug-likeness (QED) is 0.376. The fourth-order valence-corrected chi connectivity index (χ4v) is 2.19. The molecule has 1 atom stereocenters. The number of carbonyl (C=O) groups is 2. The first-order valence-electron chi connectivity index (χ1n) is 5.34. The van der Waals surface area contributed by atoms with E-state index in [1.807, 2.05) is 11.9 Å². The second-order valence-electron chi connectivity index (χ2n) is 3.69. The van der Waals surface area contributed by atoms with E-state index in [0.29, 0.717) is 12.3 Å². The molecule has 7 heteroatoms. The highest BCUT2D eigenvalue weighted by Crippen LogP contribution is 2.04. The Bertz CT molecular complexity index is 250.